The summed E-state index contributed by atoms with van der Waals surface area (Å²) in [5, 5.41) is 0. The lowest BCUT2D eigenvalue weighted by Gasteiger charge is -2.02. The predicted molar refractivity (Wildman–Crippen MR) is 42.2 cm³/mol. The van der Waals surface area contributed by atoms with E-state index >= 15 is 0 Å². The monoisotopic (exact) mass is 168 g/mol. The molecule has 0 N–H and O–H groups in total. The molecule has 0 aromatic rings. The number of hydrogen-bond acceptors (Lipinski definition) is 4. The van der Waals surface area contributed by atoms with E-state index in [1.54, 1.807) is 6.92 Å². The fourth-order valence-electron chi connectivity index (χ4n) is 0.697. The third kappa shape index (κ3) is 1.98. The number of aliphatic imine (C=N–C) groups is 2. The van der Waals surface area contributed by atoms with Gasteiger partial charge >= 0.3 is 5.97 Å². The second-order valence-corrected chi connectivity index (χ2v) is 2.07. The van der Waals surface area contributed by atoms with Crippen LogP contribution in [0.4, 0.5) is 0 Å². The lowest BCUT2D eigenvalue weighted by Crippen LogP contribution is -2.20. The van der Waals surface area contributed by atoms with E-state index in [0.717, 1.165) is 0 Å². The van der Waals surface area contributed by atoms with Gasteiger partial charge in [0.05, 0.1) is 13.0 Å². The van der Waals surface area contributed by atoms with Crippen LogP contribution in [0.5, 0.6) is 0 Å². The third-order valence-corrected chi connectivity index (χ3v) is 1.17. The fraction of sp³-hybridized carbons (Fsp3) is 0.429. The van der Waals surface area contributed by atoms with Crippen LogP contribution in [0.15, 0.2) is 9.98 Å². The summed E-state index contributed by atoms with van der Waals surface area (Å²) in [6.45, 7) is 1.92. The molecule has 0 bridgehead atoms. The van der Waals surface area contributed by atoms with Gasteiger partial charge in [0.1, 0.15) is 0 Å². The van der Waals surface area contributed by atoms with Gasteiger partial charge < -0.3 is 4.74 Å². The van der Waals surface area contributed by atoms with Crippen molar-refractivity contribution in [2.75, 3.05) is 6.61 Å². The van der Waals surface area contributed by atoms with Gasteiger partial charge in [0.25, 0.3) is 5.91 Å². The minimum absolute atomic E-state index is 0.156. The van der Waals surface area contributed by atoms with Gasteiger partial charge in [0.15, 0.2) is 0 Å². The topological polar surface area (TPSA) is 68.1 Å². The normalized spacial score (nSPS) is 15.8. The molecule has 0 spiro atoms. The second-order valence-electron chi connectivity index (χ2n) is 2.07. The van der Waals surface area contributed by atoms with Crippen LogP contribution in [0.3, 0.4) is 0 Å². The number of amides is 1. The van der Waals surface area contributed by atoms with E-state index in [0.29, 0.717) is 0 Å². The molecule has 1 aliphatic heterocycles. The van der Waals surface area contributed by atoms with Crippen molar-refractivity contribution in [1.82, 2.24) is 0 Å². The first-order valence-electron chi connectivity index (χ1n) is 3.55. The molecule has 5 nitrogen and oxygen atoms in total. The molecule has 0 aromatic heterocycles. The number of rotatable bonds is 2. The van der Waals surface area contributed by atoms with Gasteiger partial charge in [-0.3, -0.25) is 4.79 Å². The van der Waals surface area contributed by atoms with Crippen molar-refractivity contribution in [2.45, 2.75) is 13.3 Å². The zero-order chi connectivity index (χ0) is 8.97. The van der Waals surface area contributed by atoms with Crippen LogP contribution >= 0.6 is 0 Å². The molecule has 12 heavy (non-hydrogen) atoms. The molecular formula is C7H8N2O3. The molecule has 64 valence electrons. The Morgan fingerprint density at radius 3 is 3.08 bits per heavy atom. The van der Waals surface area contributed by atoms with E-state index in [-0.39, 0.29) is 24.8 Å². The van der Waals surface area contributed by atoms with Crippen molar-refractivity contribution in [3.05, 3.63) is 0 Å². The predicted octanol–water partition coefficient (Wildman–Crippen LogP) is -0.0509. The van der Waals surface area contributed by atoms with E-state index in [1.165, 1.54) is 6.21 Å². The maximum absolute atomic E-state index is 10.9. The molecule has 1 heterocycles. The Morgan fingerprint density at radius 1 is 1.75 bits per heavy atom. The van der Waals surface area contributed by atoms with Crippen LogP contribution < -0.4 is 0 Å². The molecule has 0 unspecified atom stereocenters. The Morgan fingerprint density at radius 2 is 2.50 bits per heavy atom. The number of carbonyl (C=O) groups is 2. The number of carbonyl (C=O) groups excluding carboxylic acids is 2. The molecular weight excluding hydrogens is 160 g/mol. The largest absolute Gasteiger partial charge is 0.460 e. The van der Waals surface area contributed by atoms with Crippen LogP contribution in [0.1, 0.15) is 13.3 Å². The summed E-state index contributed by atoms with van der Waals surface area (Å²) in [5.41, 5.74) is 0. The Labute approximate surface area is 69.2 Å². The summed E-state index contributed by atoms with van der Waals surface area (Å²) in [4.78, 5) is 28.7. The van der Waals surface area contributed by atoms with Gasteiger partial charge in [-0.2, -0.15) is 4.99 Å². The molecule has 5 heteroatoms. The van der Waals surface area contributed by atoms with E-state index in [4.69, 9.17) is 0 Å². The van der Waals surface area contributed by atoms with Crippen molar-refractivity contribution in [1.29, 1.82) is 0 Å². The van der Waals surface area contributed by atoms with Crippen LogP contribution in [0, 0.1) is 0 Å². The zero-order valence-electron chi connectivity index (χ0n) is 6.61. The highest BCUT2D eigenvalue weighted by Crippen LogP contribution is 1.96. The highest BCUT2D eigenvalue weighted by atomic mass is 16.5. The molecule has 1 aliphatic rings. The lowest BCUT2D eigenvalue weighted by atomic mass is 10.4. The van der Waals surface area contributed by atoms with Gasteiger partial charge in [-0.1, -0.05) is 0 Å². The molecule has 0 atom stereocenters. The molecule has 0 aromatic carbocycles. The molecule has 0 fully saturated rings. The van der Waals surface area contributed by atoms with Gasteiger partial charge in [0.2, 0.25) is 5.84 Å². The number of hydrogen-bond donors (Lipinski definition) is 0. The van der Waals surface area contributed by atoms with Gasteiger partial charge in [-0.25, -0.2) is 9.79 Å². The standard InChI is InChI=1S/C7H8N2O3/c1-2-12-7(11)6-8-4-3-5(10)9-6/h4H,2-3H2,1H3. The summed E-state index contributed by atoms with van der Waals surface area (Å²) in [7, 11) is 0. The van der Waals surface area contributed by atoms with E-state index in [1.807, 2.05) is 0 Å². The van der Waals surface area contributed by atoms with Gasteiger partial charge in [-0.15, -0.1) is 0 Å². The Kier molecular flexibility index (Phi) is 2.68. The first kappa shape index (κ1) is 8.58. The summed E-state index contributed by atoms with van der Waals surface area (Å²) < 4.78 is 4.59. The van der Waals surface area contributed by atoms with E-state index in [2.05, 4.69) is 14.7 Å². The van der Waals surface area contributed by atoms with Crippen molar-refractivity contribution in [2.24, 2.45) is 9.98 Å². The van der Waals surface area contributed by atoms with Crippen molar-refractivity contribution >= 4 is 23.9 Å². The first-order chi connectivity index (χ1) is 5.74. The van der Waals surface area contributed by atoms with E-state index in [9.17, 15) is 9.59 Å². The third-order valence-electron chi connectivity index (χ3n) is 1.17. The number of nitrogens with zero attached hydrogens (tertiary/aromatic N) is 2. The average Bonchev–Trinajstić information content (AvgIpc) is 2.05. The summed E-state index contributed by atoms with van der Waals surface area (Å²) >= 11 is 0. The highest BCUT2D eigenvalue weighted by Gasteiger charge is 2.15. The lowest BCUT2D eigenvalue weighted by molar-refractivity contribution is -0.135. The van der Waals surface area contributed by atoms with Crippen molar-refractivity contribution < 1.29 is 14.3 Å². The average molecular weight is 168 g/mol. The number of amidine groups is 1. The molecule has 0 aliphatic carbocycles. The SMILES string of the molecule is CCOC(=O)C1=NC(=O)CC=N1. The second kappa shape index (κ2) is 3.75. The Hall–Kier alpha value is -1.52. The van der Waals surface area contributed by atoms with Crippen molar-refractivity contribution in [3.63, 3.8) is 0 Å². The fourth-order valence-corrected chi connectivity index (χ4v) is 0.697. The van der Waals surface area contributed by atoms with Gasteiger partial charge in [0, 0.05) is 6.21 Å². The summed E-state index contributed by atoms with van der Waals surface area (Å²) in [5.74, 6) is -1.18. The zero-order valence-corrected chi connectivity index (χ0v) is 6.61. The molecule has 1 rings (SSSR count). The number of ether oxygens (including phenoxy) is 1. The number of esters is 1. The Balaban J connectivity index is 2.68. The minimum Gasteiger partial charge on any atom is -0.460 e. The summed E-state index contributed by atoms with van der Waals surface area (Å²) in [6, 6.07) is 0. The van der Waals surface area contributed by atoms with Crippen LogP contribution in [0.2, 0.25) is 0 Å². The minimum atomic E-state index is -0.651. The smallest absolute Gasteiger partial charge is 0.376 e. The van der Waals surface area contributed by atoms with E-state index < -0.39 is 5.97 Å². The van der Waals surface area contributed by atoms with Crippen LogP contribution in [-0.2, 0) is 14.3 Å². The molecule has 0 saturated carbocycles. The van der Waals surface area contributed by atoms with Crippen LogP contribution in [0.25, 0.3) is 0 Å². The maximum Gasteiger partial charge on any atom is 0.376 e. The van der Waals surface area contributed by atoms with Crippen LogP contribution in [-0.4, -0.2) is 30.5 Å². The quantitative estimate of drug-likeness (QED) is 0.543. The van der Waals surface area contributed by atoms with Gasteiger partial charge in [-0.05, 0) is 6.92 Å². The first-order valence-corrected chi connectivity index (χ1v) is 3.55. The Bertz CT molecular complexity index is 268. The van der Waals surface area contributed by atoms with Crippen molar-refractivity contribution in [3.8, 4) is 0 Å². The summed E-state index contributed by atoms with van der Waals surface area (Å²) in [6.07, 6.45) is 1.50. The highest BCUT2D eigenvalue weighted by molar-refractivity contribution is 6.39. The molecule has 0 saturated heterocycles. The molecule has 0 radical (unpaired) electrons. The molecule has 1 amide bonds. The maximum atomic E-state index is 10.9.